The third kappa shape index (κ3) is 10.4. The molecule has 0 unspecified atom stereocenters. The molecule has 0 saturated heterocycles. The summed E-state index contributed by atoms with van der Waals surface area (Å²) in [5.41, 5.74) is 0. The van der Waals surface area contributed by atoms with Crippen LogP contribution in [-0.4, -0.2) is 55.1 Å². The normalized spacial score (nSPS) is 12.7. The molecule has 0 saturated carbocycles. The van der Waals surface area contributed by atoms with E-state index in [2.05, 4.69) is 21.0 Å². The van der Waals surface area contributed by atoms with Gasteiger partial charge in [-0.3, -0.25) is 0 Å². The van der Waals surface area contributed by atoms with E-state index in [1.54, 1.807) is 21.3 Å². The lowest BCUT2D eigenvalue weighted by Crippen LogP contribution is -2.68. The van der Waals surface area contributed by atoms with Gasteiger partial charge < -0.3 is 17.4 Å². The highest BCUT2D eigenvalue weighted by Gasteiger charge is 2.59. The summed E-state index contributed by atoms with van der Waals surface area (Å²) in [6, 6.07) is 0. The van der Waals surface area contributed by atoms with Crippen molar-refractivity contribution in [1.82, 2.24) is 0 Å². The minimum absolute atomic E-state index is 0.689. The van der Waals surface area contributed by atoms with Gasteiger partial charge in [-0.25, -0.2) is 0 Å². The molecule has 0 aromatic rings. The van der Waals surface area contributed by atoms with Crippen molar-refractivity contribution in [2.24, 2.45) is 0 Å². The van der Waals surface area contributed by atoms with E-state index in [1.165, 1.54) is 89.9 Å². The molecule has 0 aliphatic rings. The molecule has 0 rings (SSSR count). The Balaban J connectivity index is 3.56. The Morgan fingerprint density at radius 2 is 0.846 bits per heavy atom. The van der Waals surface area contributed by atoms with Gasteiger partial charge in [0, 0.05) is 21.3 Å². The molecule has 0 amide bonds. The molecule has 158 valence electrons. The van der Waals surface area contributed by atoms with Crippen LogP contribution in [0.25, 0.3) is 0 Å². The lowest BCUT2D eigenvalue weighted by Gasteiger charge is -2.39. The van der Waals surface area contributed by atoms with Crippen molar-refractivity contribution in [2.45, 2.75) is 96.8 Å². The minimum atomic E-state index is -2.61. The largest absolute Gasteiger partial charge is 0.783 e. The van der Waals surface area contributed by atoms with Crippen LogP contribution < -0.4 is 0 Å². The zero-order valence-electron chi connectivity index (χ0n) is 18.8. The average Bonchev–Trinajstić information content (AvgIpc) is 2.63. The van der Waals surface area contributed by atoms with Gasteiger partial charge in [0.15, 0.2) is 0 Å². The van der Waals surface area contributed by atoms with Gasteiger partial charge in [-0.15, -0.1) is 0 Å². The summed E-state index contributed by atoms with van der Waals surface area (Å²) in [6.07, 6.45) is 19.5. The van der Waals surface area contributed by atoms with Gasteiger partial charge in [0.05, 0.1) is 20.6 Å². The Morgan fingerprint density at radius 3 is 1.15 bits per heavy atom. The second-order valence-electron chi connectivity index (χ2n) is 8.14. The monoisotopic (exact) mass is 390 g/mol. The predicted molar refractivity (Wildman–Crippen MR) is 114 cm³/mol. The molecule has 0 bridgehead atoms. The van der Waals surface area contributed by atoms with Gasteiger partial charge in [0.25, 0.3) is 0 Å². The van der Waals surface area contributed by atoms with E-state index < -0.39 is 8.97 Å². The third-order valence-corrected chi connectivity index (χ3v) is 8.84. The first kappa shape index (κ1) is 26.1. The van der Waals surface area contributed by atoms with Crippen LogP contribution in [0.5, 0.6) is 0 Å². The number of unbranched alkanes of at least 4 members (excludes halogenated alkanes) is 13. The summed E-state index contributed by atoms with van der Waals surface area (Å²) >= 11 is 0. The molecule has 0 aliphatic heterocycles. The maximum atomic E-state index is 5.64. The summed E-state index contributed by atoms with van der Waals surface area (Å²) in [4.78, 5) is 0. The standard InChI is InChI=1S/C21H48NO3Si/c1-7-8-9-10-11-12-13-14-15-16-17-18-19-20-21-22(2,3)26(23-4,24-5)25-6/h7-21H2,1-6H3/q+1. The smallest absolute Gasteiger partial charge is 0.328 e. The van der Waals surface area contributed by atoms with Crippen LogP contribution in [0.4, 0.5) is 0 Å². The molecular formula is C21H48NO3Si+. The first-order valence-corrected chi connectivity index (χ1v) is 12.7. The Hall–Kier alpha value is 0.0569. The molecule has 0 radical (unpaired) electrons. The minimum Gasteiger partial charge on any atom is -0.328 e. The van der Waals surface area contributed by atoms with Gasteiger partial charge >= 0.3 is 8.97 Å². The van der Waals surface area contributed by atoms with Crippen molar-refractivity contribution in [1.29, 1.82) is 0 Å². The Labute approximate surface area is 165 Å². The van der Waals surface area contributed by atoms with E-state index in [1.807, 2.05) is 0 Å². The van der Waals surface area contributed by atoms with Crippen LogP contribution in [0.3, 0.4) is 0 Å². The second-order valence-corrected chi connectivity index (χ2v) is 11.6. The van der Waals surface area contributed by atoms with E-state index >= 15 is 0 Å². The van der Waals surface area contributed by atoms with E-state index in [-0.39, 0.29) is 0 Å². The zero-order chi connectivity index (χ0) is 19.7. The molecule has 0 heterocycles. The average molecular weight is 391 g/mol. The van der Waals surface area contributed by atoms with Gasteiger partial charge in [-0.1, -0.05) is 84.0 Å². The number of hydrogen-bond acceptors (Lipinski definition) is 3. The second kappa shape index (κ2) is 16.1. The summed E-state index contributed by atoms with van der Waals surface area (Å²) in [6.45, 7) is 3.33. The molecule has 0 fully saturated rings. The van der Waals surface area contributed by atoms with Crippen LogP contribution in [0.1, 0.15) is 96.8 Å². The summed E-state index contributed by atoms with van der Waals surface area (Å²) < 4.78 is 17.6. The van der Waals surface area contributed by atoms with Crippen LogP contribution in [0, 0.1) is 0 Å². The van der Waals surface area contributed by atoms with Gasteiger partial charge in [0.1, 0.15) is 0 Å². The zero-order valence-corrected chi connectivity index (χ0v) is 19.8. The molecule has 0 aromatic carbocycles. The Kier molecular flexibility index (Phi) is 16.1. The number of hydrogen-bond donors (Lipinski definition) is 0. The first-order chi connectivity index (χ1) is 12.5. The van der Waals surface area contributed by atoms with E-state index in [0.29, 0.717) is 4.15 Å². The predicted octanol–water partition coefficient (Wildman–Crippen LogP) is 5.92. The van der Waals surface area contributed by atoms with E-state index in [9.17, 15) is 0 Å². The fraction of sp³-hybridized carbons (Fsp3) is 1.00. The molecule has 0 aromatic heterocycles. The number of rotatable bonds is 19. The molecule has 26 heavy (non-hydrogen) atoms. The molecule has 0 N–H and O–H groups in total. The lowest BCUT2D eigenvalue weighted by molar-refractivity contribution is -0.819. The highest BCUT2D eigenvalue weighted by molar-refractivity contribution is 6.52. The molecule has 4 nitrogen and oxygen atoms in total. The van der Waals surface area contributed by atoms with E-state index in [0.717, 1.165) is 6.54 Å². The molecule has 0 spiro atoms. The van der Waals surface area contributed by atoms with Gasteiger partial charge in [0.2, 0.25) is 0 Å². The Morgan fingerprint density at radius 1 is 0.538 bits per heavy atom. The SMILES string of the molecule is CCCCCCCCCCCCCCCC[N+](C)(C)[Si](OC)(OC)OC. The van der Waals surface area contributed by atoms with Gasteiger partial charge in [-0.05, 0) is 12.8 Å². The fourth-order valence-electron chi connectivity index (χ4n) is 3.83. The maximum absolute atomic E-state index is 5.64. The van der Waals surface area contributed by atoms with Crippen LogP contribution in [-0.2, 0) is 13.3 Å². The highest BCUT2D eigenvalue weighted by Crippen LogP contribution is 2.20. The van der Waals surface area contributed by atoms with Gasteiger partial charge in [-0.2, -0.15) is 0 Å². The third-order valence-electron chi connectivity index (χ3n) is 5.59. The number of nitrogens with zero attached hydrogens (tertiary/aromatic N) is 1. The lowest BCUT2D eigenvalue weighted by atomic mass is 10.0. The molecule has 5 heteroatoms. The van der Waals surface area contributed by atoms with Crippen molar-refractivity contribution >= 4 is 8.97 Å². The first-order valence-electron chi connectivity index (χ1n) is 11.0. The van der Waals surface area contributed by atoms with Crippen molar-refractivity contribution < 1.29 is 17.4 Å². The summed E-state index contributed by atoms with van der Waals surface area (Å²) in [7, 11) is 6.80. The Bertz CT molecular complexity index is 301. The summed E-state index contributed by atoms with van der Waals surface area (Å²) in [5.74, 6) is 0. The van der Waals surface area contributed by atoms with E-state index in [4.69, 9.17) is 13.3 Å². The molecule has 0 atom stereocenters. The number of quaternary nitrogens is 1. The summed E-state index contributed by atoms with van der Waals surface area (Å²) in [5, 5.41) is 0. The highest BCUT2D eigenvalue weighted by atomic mass is 28.4. The fourth-order valence-corrected chi connectivity index (χ4v) is 6.24. The van der Waals surface area contributed by atoms with Crippen LogP contribution >= 0.6 is 0 Å². The maximum Gasteiger partial charge on any atom is 0.783 e. The van der Waals surface area contributed by atoms with Crippen molar-refractivity contribution in [2.75, 3.05) is 42.0 Å². The van der Waals surface area contributed by atoms with Crippen LogP contribution in [0.2, 0.25) is 0 Å². The van der Waals surface area contributed by atoms with Crippen molar-refractivity contribution in [3.8, 4) is 0 Å². The van der Waals surface area contributed by atoms with Crippen molar-refractivity contribution in [3.05, 3.63) is 0 Å². The van der Waals surface area contributed by atoms with Crippen LogP contribution in [0.15, 0.2) is 0 Å². The molecular weight excluding hydrogens is 342 g/mol. The van der Waals surface area contributed by atoms with Crippen molar-refractivity contribution in [3.63, 3.8) is 0 Å². The molecule has 0 aliphatic carbocycles. The topological polar surface area (TPSA) is 27.7 Å². The quantitative estimate of drug-likeness (QED) is 0.202.